The molecular formula is C14H24N2O2. The first-order chi connectivity index (χ1) is 8.29. The normalized spacial score (nSPS) is 11.7. The zero-order valence-electron chi connectivity index (χ0n) is 12.3. The van der Waals surface area contributed by atoms with Crippen LogP contribution < -0.4 is 0 Å². The number of hydrogen-bond acceptors (Lipinski definition) is 3. The Labute approximate surface area is 109 Å². The van der Waals surface area contributed by atoms with Gasteiger partial charge in [-0.25, -0.2) is 0 Å². The molecule has 0 aromatic carbocycles. The van der Waals surface area contributed by atoms with E-state index in [1.807, 2.05) is 27.8 Å². The Morgan fingerprint density at radius 1 is 1.39 bits per heavy atom. The van der Waals surface area contributed by atoms with Crippen molar-refractivity contribution in [1.82, 2.24) is 10.1 Å². The van der Waals surface area contributed by atoms with Gasteiger partial charge in [0, 0.05) is 19.0 Å². The fourth-order valence-electron chi connectivity index (χ4n) is 1.82. The molecule has 0 aliphatic heterocycles. The van der Waals surface area contributed by atoms with Crippen LogP contribution in [0.3, 0.4) is 0 Å². The largest absolute Gasteiger partial charge is 0.361 e. The number of amides is 1. The van der Waals surface area contributed by atoms with Crippen molar-refractivity contribution in [2.24, 2.45) is 0 Å². The Morgan fingerprint density at radius 3 is 2.50 bits per heavy atom. The van der Waals surface area contributed by atoms with Crippen molar-refractivity contribution in [2.45, 2.75) is 52.9 Å². The fraction of sp³-hybridized carbons (Fsp3) is 0.714. The highest BCUT2D eigenvalue weighted by Crippen LogP contribution is 2.27. The number of carbonyl (C=O) groups excluding carboxylic acids is 1. The molecule has 1 aromatic heterocycles. The molecular weight excluding hydrogens is 228 g/mol. The monoisotopic (exact) mass is 252 g/mol. The highest BCUT2D eigenvalue weighted by Gasteiger charge is 2.30. The van der Waals surface area contributed by atoms with Gasteiger partial charge in [0.05, 0.1) is 0 Å². The van der Waals surface area contributed by atoms with Crippen LogP contribution in [0, 0.1) is 6.92 Å². The highest BCUT2D eigenvalue weighted by molar-refractivity contribution is 5.96. The summed E-state index contributed by atoms with van der Waals surface area (Å²) in [5, 5.41) is 4.05. The fourth-order valence-corrected chi connectivity index (χ4v) is 1.82. The molecule has 0 aliphatic carbocycles. The van der Waals surface area contributed by atoms with Crippen molar-refractivity contribution in [3.8, 4) is 0 Å². The number of aryl methyl sites for hydroxylation is 1. The van der Waals surface area contributed by atoms with Gasteiger partial charge in [-0.2, -0.15) is 0 Å². The molecule has 0 saturated carbocycles. The van der Waals surface area contributed by atoms with Crippen LogP contribution in [-0.2, 0) is 5.41 Å². The maximum atomic E-state index is 12.4. The minimum absolute atomic E-state index is 0.00660. The number of aromatic nitrogens is 1. The number of unbranched alkanes of at least 4 members (excludes halogenated alkanes) is 1. The van der Waals surface area contributed by atoms with Crippen LogP contribution >= 0.6 is 0 Å². The Balaban J connectivity index is 3.02. The number of hydrogen-bond donors (Lipinski definition) is 0. The van der Waals surface area contributed by atoms with E-state index in [4.69, 9.17) is 4.52 Å². The minimum atomic E-state index is -0.186. The summed E-state index contributed by atoms with van der Waals surface area (Å²) >= 11 is 0. The standard InChI is InChI=1S/C14H24N2O2/c1-7-8-9-16(6)13(17)11-10(2)18-15-12(11)14(3,4)5/h7-9H2,1-6H3. The van der Waals surface area contributed by atoms with E-state index in [2.05, 4.69) is 12.1 Å². The molecule has 1 aromatic rings. The summed E-state index contributed by atoms with van der Waals surface area (Å²) in [5.74, 6) is 0.611. The number of carbonyl (C=O) groups is 1. The van der Waals surface area contributed by atoms with E-state index in [0.29, 0.717) is 11.3 Å². The van der Waals surface area contributed by atoms with E-state index in [1.54, 1.807) is 11.8 Å². The number of nitrogens with zero attached hydrogens (tertiary/aromatic N) is 2. The first-order valence-electron chi connectivity index (χ1n) is 6.51. The summed E-state index contributed by atoms with van der Waals surface area (Å²) in [6.45, 7) is 10.8. The molecule has 18 heavy (non-hydrogen) atoms. The molecule has 4 nitrogen and oxygen atoms in total. The van der Waals surface area contributed by atoms with Crippen molar-refractivity contribution in [2.75, 3.05) is 13.6 Å². The lowest BCUT2D eigenvalue weighted by atomic mass is 9.88. The second-order valence-corrected chi connectivity index (χ2v) is 5.79. The summed E-state index contributed by atoms with van der Waals surface area (Å²) in [4.78, 5) is 14.2. The van der Waals surface area contributed by atoms with Crippen molar-refractivity contribution < 1.29 is 9.32 Å². The molecule has 1 heterocycles. The van der Waals surface area contributed by atoms with Gasteiger partial charge in [0.2, 0.25) is 0 Å². The summed E-state index contributed by atoms with van der Waals surface area (Å²) < 4.78 is 5.20. The first kappa shape index (κ1) is 14.7. The van der Waals surface area contributed by atoms with Gasteiger partial charge >= 0.3 is 0 Å². The Morgan fingerprint density at radius 2 is 2.00 bits per heavy atom. The van der Waals surface area contributed by atoms with E-state index in [9.17, 15) is 4.79 Å². The van der Waals surface area contributed by atoms with Gasteiger partial charge in [-0.05, 0) is 13.3 Å². The quantitative estimate of drug-likeness (QED) is 0.827. The molecule has 1 amide bonds. The SMILES string of the molecule is CCCCN(C)C(=O)c1c(C(C)(C)C)noc1C. The van der Waals surface area contributed by atoms with Gasteiger partial charge < -0.3 is 9.42 Å². The zero-order valence-corrected chi connectivity index (χ0v) is 12.3. The third kappa shape index (κ3) is 3.12. The van der Waals surface area contributed by atoms with Crippen LogP contribution in [0.2, 0.25) is 0 Å². The molecule has 4 heteroatoms. The van der Waals surface area contributed by atoms with E-state index in [1.165, 1.54) is 0 Å². The lowest BCUT2D eigenvalue weighted by molar-refractivity contribution is 0.0789. The third-order valence-electron chi connectivity index (χ3n) is 2.98. The van der Waals surface area contributed by atoms with Crippen LogP contribution in [0.1, 0.15) is 62.3 Å². The van der Waals surface area contributed by atoms with Gasteiger partial charge in [-0.1, -0.05) is 39.3 Å². The zero-order chi connectivity index (χ0) is 13.9. The van der Waals surface area contributed by atoms with Crippen LogP contribution in [0.4, 0.5) is 0 Å². The molecule has 0 fully saturated rings. The van der Waals surface area contributed by atoms with Crippen LogP contribution in [0.5, 0.6) is 0 Å². The van der Waals surface area contributed by atoms with Gasteiger partial charge in [0.1, 0.15) is 17.0 Å². The van der Waals surface area contributed by atoms with E-state index in [-0.39, 0.29) is 11.3 Å². The lowest BCUT2D eigenvalue weighted by Gasteiger charge is -2.20. The molecule has 1 rings (SSSR count). The number of rotatable bonds is 4. The summed E-state index contributed by atoms with van der Waals surface area (Å²) in [6.07, 6.45) is 2.09. The second kappa shape index (κ2) is 5.55. The molecule has 0 aliphatic rings. The minimum Gasteiger partial charge on any atom is -0.361 e. The predicted molar refractivity (Wildman–Crippen MR) is 71.8 cm³/mol. The third-order valence-corrected chi connectivity index (χ3v) is 2.98. The van der Waals surface area contributed by atoms with Crippen LogP contribution in [0.15, 0.2) is 4.52 Å². The summed E-state index contributed by atoms with van der Waals surface area (Å²) in [7, 11) is 1.83. The topological polar surface area (TPSA) is 46.3 Å². The van der Waals surface area contributed by atoms with Crippen LogP contribution in [-0.4, -0.2) is 29.6 Å². The van der Waals surface area contributed by atoms with Crippen molar-refractivity contribution in [1.29, 1.82) is 0 Å². The highest BCUT2D eigenvalue weighted by atomic mass is 16.5. The Hall–Kier alpha value is -1.32. The molecule has 0 atom stereocenters. The summed E-state index contributed by atoms with van der Waals surface area (Å²) in [6, 6.07) is 0. The van der Waals surface area contributed by atoms with Gasteiger partial charge in [0.25, 0.3) is 5.91 Å². The van der Waals surface area contributed by atoms with E-state index in [0.717, 1.165) is 25.1 Å². The average molecular weight is 252 g/mol. The Bertz CT molecular complexity index is 416. The van der Waals surface area contributed by atoms with Gasteiger partial charge in [0.15, 0.2) is 0 Å². The molecule has 0 saturated heterocycles. The second-order valence-electron chi connectivity index (χ2n) is 5.79. The molecule has 0 N–H and O–H groups in total. The summed E-state index contributed by atoms with van der Waals surface area (Å²) in [5.41, 5.74) is 1.18. The molecule has 0 unspecified atom stereocenters. The average Bonchev–Trinajstić information content (AvgIpc) is 2.66. The van der Waals surface area contributed by atoms with E-state index < -0.39 is 0 Å². The smallest absolute Gasteiger partial charge is 0.259 e. The van der Waals surface area contributed by atoms with Gasteiger partial charge in [-0.15, -0.1) is 0 Å². The maximum Gasteiger partial charge on any atom is 0.259 e. The Kier molecular flexibility index (Phi) is 4.54. The van der Waals surface area contributed by atoms with Gasteiger partial charge in [-0.3, -0.25) is 4.79 Å². The van der Waals surface area contributed by atoms with Crippen molar-refractivity contribution in [3.05, 3.63) is 17.0 Å². The predicted octanol–water partition coefficient (Wildman–Crippen LogP) is 3.15. The lowest BCUT2D eigenvalue weighted by Crippen LogP contribution is -2.30. The van der Waals surface area contributed by atoms with Crippen molar-refractivity contribution in [3.63, 3.8) is 0 Å². The van der Waals surface area contributed by atoms with E-state index >= 15 is 0 Å². The first-order valence-corrected chi connectivity index (χ1v) is 6.51. The molecule has 0 spiro atoms. The molecule has 0 bridgehead atoms. The maximum absolute atomic E-state index is 12.4. The van der Waals surface area contributed by atoms with Crippen LogP contribution in [0.25, 0.3) is 0 Å². The molecule has 0 radical (unpaired) electrons. The van der Waals surface area contributed by atoms with Crippen molar-refractivity contribution >= 4 is 5.91 Å². The molecule has 102 valence electrons.